The Morgan fingerprint density at radius 1 is 1.18 bits per heavy atom. The molecule has 0 spiro atoms. The summed E-state index contributed by atoms with van der Waals surface area (Å²) in [6, 6.07) is 14.6. The van der Waals surface area contributed by atoms with Gasteiger partial charge in [0.1, 0.15) is 5.75 Å². The molecule has 4 heteroatoms. The number of rotatable bonds is 6. The Morgan fingerprint density at radius 2 is 1.96 bits per heavy atom. The highest BCUT2D eigenvalue weighted by Gasteiger charge is 2.26. The van der Waals surface area contributed by atoms with Crippen LogP contribution in [0, 0.1) is 0 Å². The lowest BCUT2D eigenvalue weighted by Crippen LogP contribution is -2.29. The first-order valence-electron chi connectivity index (χ1n) is 10.2. The number of methoxy groups -OCH3 is 1. The van der Waals surface area contributed by atoms with Crippen molar-refractivity contribution in [2.75, 3.05) is 20.2 Å². The normalized spacial score (nSPS) is 15.1. The third kappa shape index (κ3) is 3.51. The second-order valence-electron chi connectivity index (χ2n) is 7.56. The van der Waals surface area contributed by atoms with E-state index in [-0.39, 0.29) is 11.8 Å². The van der Waals surface area contributed by atoms with Crippen LogP contribution < -0.4 is 4.74 Å². The minimum Gasteiger partial charge on any atom is -0.497 e. The highest BCUT2D eigenvalue weighted by molar-refractivity contribution is 5.88. The van der Waals surface area contributed by atoms with Crippen molar-refractivity contribution in [3.8, 4) is 5.75 Å². The lowest BCUT2D eigenvalue weighted by atomic mass is 9.87. The quantitative estimate of drug-likeness (QED) is 0.666. The number of nitrogens with one attached hydrogen (secondary N) is 1. The Balaban J connectivity index is 1.77. The molecule has 1 aliphatic rings. The van der Waals surface area contributed by atoms with Crippen molar-refractivity contribution in [3.05, 3.63) is 65.4 Å². The summed E-state index contributed by atoms with van der Waals surface area (Å²) in [5, 5.41) is 1.21. The van der Waals surface area contributed by atoms with Crippen LogP contribution in [0.4, 0.5) is 0 Å². The van der Waals surface area contributed by atoms with Gasteiger partial charge in [0.15, 0.2) is 0 Å². The molecule has 1 saturated heterocycles. The molecule has 4 nitrogen and oxygen atoms in total. The topological polar surface area (TPSA) is 45.3 Å². The number of amides is 1. The number of likely N-dealkylation sites (tertiary alicyclic amines) is 1. The van der Waals surface area contributed by atoms with Gasteiger partial charge in [-0.15, -0.1) is 0 Å². The van der Waals surface area contributed by atoms with Crippen LogP contribution in [-0.2, 0) is 11.2 Å². The van der Waals surface area contributed by atoms with Crippen LogP contribution in [0.3, 0.4) is 0 Å². The van der Waals surface area contributed by atoms with Gasteiger partial charge in [-0.25, -0.2) is 0 Å². The summed E-state index contributed by atoms with van der Waals surface area (Å²) in [5.41, 5.74) is 4.79. The summed E-state index contributed by atoms with van der Waals surface area (Å²) in [6.45, 7) is 3.95. The number of carbonyl (C=O) groups excluding carboxylic acids is 1. The predicted molar refractivity (Wildman–Crippen MR) is 113 cm³/mol. The number of fused-ring (bicyclic) bond motifs is 1. The van der Waals surface area contributed by atoms with Crippen LogP contribution in [-0.4, -0.2) is 36.0 Å². The maximum Gasteiger partial charge on any atom is 0.223 e. The van der Waals surface area contributed by atoms with Crippen molar-refractivity contribution in [2.24, 2.45) is 0 Å². The number of aryl methyl sites for hydroxylation is 1. The van der Waals surface area contributed by atoms with Crippen molar-refractivity contribution in [1.82, 2.24) is 9.88 Å². The zero-order valence-corrected chi connectivity index (χ0v) is 16.7. The number of ether oxygens (including phenoxy) is 1. The van der Waals surface area contributed by atoms with Gasteiger partial charge in [-0.05, 0) is 48.1 Å². The minimum atomic E-state index is 0.00376. The van der Waals surface area contributed by atoms with Gasteiger partial charge >= 0.3 is 0 Å². The van der Waals surface area contributed by atoms with Crippen molar-refractivity contribution in [3.63, 3.8) is 0 Å². The summed E-state index contributed by atoms with van der Waals surface area (Å²) in [4.78, 5) is 18.5. The Morgan fingerprint density at radius 3 is 2.71 bits per heavy atom. The van der Waals surface area contributed by atoms with E-state index < -0.39 is 0 Å². The number of H-pyrrole nitrogens is 1. The molecule has 1 N–H and O–H groups in total. The highest BCUT2D eigenvalue weighted by atomic mass is 16.5. The van der Waals surface area contributed by atoms with E-state index in [1.807, 2.05) is 17.0 Å². The summed E-state index contributed by atoms with van der Waals surface area (Å²) in [7, 11) is 1.68. The third-order valence-electron chi connectivity index (χ3n) is 5.92. The van der Waals surface area contributed by atoms with Crippen LogP contribution >= 0.6 is 0 Å². The van der Waals surface area contributed by atoms with Crippen molar-refractivity contribution in [2.45, 2.75) is 38.5 Å². The smallest absolute Gasteiger partial charge is 0.223 e. The van der Waals surface area contributed by atoms with Crippen LogP contribution in [0.25, 0.3) is 10.9 Å². The van der Waals surface area contributed by atoms with Gasteiger partial charge in [-0.1, -0.05) is 37.3 Å². The van der Waals surface area contributed by atoms with E-state index in [1.54, 1.807) is 7.11 Å². The first-order valence-corrected chi connectivity index (χ1v) is 10.2. The molecule has 146 valence electrons. The standard InChI is InChI=1S/C24H28N2O2/c1-3-17-8-7-11-20-22(16-25-24(17)20)21(15-23(27)26-12-4-5-13-26)18-9-6-10-19(14-18)28-2/h6-11,14,16,21,25H,3-5,12-13,15H2,1-2H3/t21-/m1/s1. The van der Waals surface area contributed by atoms with E-state index in [9.17, 15) is 4.79 Å². The Labute approximate surface area is 166 Å². The molecule has 1 fully saturated rings. The lowest BCUT2D eigenvalue weighted by Gasteiger charge is -2.22. The molecule has 0 radical (unpaired) electrons. The molecule has 3 aromatic rings. The van der Waals surface area contributed by atoms with E-state index in [2.05, 4.69) is 48.4 Å². The summed E-state index contributed by atoms with van der Waals surface area (Å²) >= 11 is 0. The number of hydrogen-bond donors (Lipinski definition) is 1. The average molecular weight is 376 g/mol. The molecule has 4 rings (SSSR count). The average Bonchev–Trinajstić information content (AvgIpc) is 3.42. The number of carbonyl (C=O) groups is 1. The van der Waals surface area contributed by atoms with E-state index in [0.717, 1.165) is 43.7 Å². The van der Waals surface area contributed by atoms with E-state index in [1.165, 1.54) is 22.0 Å². The van der Waals surface area contributed by atoms with Gasteiger partial charge in [0.25, 0.3) is 0 Å². The molecule has 1 aliphatic heterocycles. The SMILES string of the molecule is CCc1cccc2c([C@H](CC(=O)N3CCCC3)c3cccc(OC)c3)c[nH]c12. The lowest BCUT2D eigenvalue weighted by molar-refractivity contribution is -0.130. The van der Waals surface area contributed by atoms with Crippen LogP contribution in [0.15, 0.2) is 48.7 Å². The van der Waals surface area contributed by atoms with Crippen LogP contribution in [0.5, 0.6) is 5.75 Å². The van der Waals surface area contributed by atoms with Crippen molar-refractivity contribution < 1.29 is 9.53 Å². The minimum absolute atomic E-state index is 0.00376. The van der Waals surface area contributed by atoms with Crippen LogP contribution in [0.1, 0.15) is 48.8 Å². The monoisotopic (exact) mass is 376 g/mol. The van der Waals surface area contributed by atoms with Gasteiger partial charge < -0.3 is 14.6 Å². The fraction of sp³-hybridized carbons (Fsp3) is 0.375. The van der Waals surface area contributed by atoms with Gasteiger partial charge in [0.2, 0.25) is 5.91 Å². The predicted octanol–water partition coefficient (Wildman–Crippen LogP) is 4.88. The molecule has 0 aliphatic carbocycles. The first kappa shape index (κ1) is 18.6. The fourth-order valence-corrected chi connectivity index (χ4v) is 4.36. The molecular weight excluding hydrogens is 348 g/mol. The van der Waals surface area contributed by atoms with Crippen molar-refractivity contribution in [1.29, 1.82) is 0 Å². The van der Waals surface area contributed by atoms with Crippen molar-refractivity contribution >= 4 is 16.8 Å². The largest absolute Gasteiger partial charge is 0.497 e. The molecule has 1 aromatic heterocycles. The maximum absolute atomic E-state index is 13.0. The summed E-state index contributed by atoms with van der Waals surface area (Å²) in [5.74, 6) is 1.07. The number of aromatic nitrogens is 1. The second-order valence-corrected chi connectivity index (χ2v) is 7.56. The van der Waals surface area contributed by atoms with Crippen LogP contribution in [0.2, 0.25) is 0 Å². The number of para-hydroxylation sites is 1. The maximum atomic E-state index is 13.0. The highest BCUT2D eigenvalue weighted by Crippen LogP contribution is 2.36. The van der Waals surface area contributed by atoms with Gasteiger partial charge in [0, 0.05) is 42.5 Å². The number of hydrogen-bond acceptors (Lipinski definition) is 2. The first-order chi connectivity index (χ1) is 13.7. The molecule has 0 saturated carbocycles. The molecule has 2 heterocycles. The molecule has 2 aromatic carbocycles. The summed E-state index contributed by atoms with van der Waals surface area (Å²) < 4.78 is 5.45. The van der Waals surface area contributed by atoms with E-state index in [0.29, 0.717) is 6.42 Å². The molecule has 0 bridgehead atoms. The number of nitrogens with zero attached hydrogens (tertiary/aromatic N) is 1. The zero-order valence-electron chi connectivity index (χ0n) is 16.7. The van der Waals surface area contributed by atoms with Gasteiger partial charge in [-0.3, -0.25) is 4.79 Å². The molecular formula is C24H28N2O2. The third-order valence-corrected chi connectivity index (χ3v) is 5.92. The molecule has 1 atom stereocenters. The molecule has 1 amide bonds. The van der Waals surface area contributed by atoms with E-state index in [4.69, 9.17) is 4.74 Å². The number of benzene rings is 2. The Bertz CT molecular complexity index is 970. The molecule has 28 heavy (non-hydrogen) atoms. The Hall–Kier alpha value is -2.75. The van der Waals surface area contributed by atoms with Gasteiger partial charge in [0.05, 0.1) is 7.11 Å². The fourth-order valence-electron chi connectivity index (χ4n) is 4.36. The second kappa shape index (κ2) is 8.09. The van der Waals surface area contributed by atoms with E-state index >= 15 is 0 Å². The Kier molecular flexibility index (Phi) is 5.38. The van der Waals surface area contributed by atoms with Gasteiger partial charge in [-0.2, -0.15) is 0 Å². The number of aromatic amines is 1. The zero-order chi connectivity index (χ0) is 19.5. The summed E-state index contributed by atoms with van der Waals surface area (Å²) in [6.07, 6.45) is 5.78. The molecule has 0 unspecified atom stereocenters.